The summed E-state index contributed by atoms with van der Waals surface area (Å²) in [5.41, 5.74) is 7.06. The number of nitrogens with two attached hydrogens (primary N) is 1. The summed E-state index contributed by atoms with van der Waals surface area (Å²) in [6, 6.07) is 4.95. The van der Waals surface area contributed by atoms with Crippen molar-refractivity contribution in [1.29, 1.82) is 0 Å². The summed E-state index contributed by atoms with van der Waals surface area (Å²) < 4.78 is 1.67. The summed E-state index contributed by atoms with van der Waals surface area (Å²) in [4.78, 5) is 36.9. The van der Waals surface area contributed by atoms with E-state index in [1.165, 1.54) is 6.42 Å². The van der Waals surface area contributed by atoms with Crippen LogP contribution in [0.3, 0.4) is 0 Å². The van der Waals surface area contributed by atoms with Gasteiger partial charge in [0.25, 0.3) is 5.91 Å². The van der Waals surface area contributed by atoms with Crippen LogP contribution in [0.4, 0.5) is 5.95 Å². The molecule has 0 radical (unpaired) electrons. The number of anilines is 1. The maximum Gasteiger partial charge on any atom is 0.303 e. The third-order valence-corrected chi connectivity index (χ3v) is 8.28. The van der Waals surface area contributed by atoms with Crippen LogP contribution < -0.4 is 10.6 Å². The van der Waals surface area contributed by atoms with Crippen molar-refractivity contribution in [3.05, 3.63) is 45.7 Å². The number of halogens is 2. The topological polar surface area (TPSA) is 130 Å². The zero-order chi connectivity index (χ0) is 27.0. The summed E-state index contributed by atoms with van der Waals surface area (Å²) >= 11 is 12.5. The monoisotopic (exact) mass is 559 g/mol. The molecule has 0 saturated carbocycles. The SMILES string of the molecule is C[C@H](c1ccc(Cl)cc1Cl)n1nc(C(N)=O)c2cnc(N3CC([C@H]4CCCN(CCCC(=O)O)C4)C3)nc21. The predicted octanol–water partition coefficient (Wildman–Crippen LogP) is 3.85. The molecule has 0 unspecified atom stereocenters. The fourth-order valence-electron chi connectivity index (χ4n) is 5.60. The van der Waals surface area contributed by atoms with Crippen molar-refractivity contribution in [2.45, 2.75) is 38.6 Å². The number of hydrogen-bond donors (Lipinski definition) is 2. The summed E-state index contributed by atoms with van der Waals surface area (Å²) in [5, 5.41) is 14.9. The van der Waals surface area contributed by atoms with Gasteiger partial charge in [0.1, 0.15) is 0 Å². The van der Waals surface area contributed by atoms with Gasteiger partial charge in [-0.25, -0.2) is 9.67 Å². The lowest BCUT2D eigenvalue weighted by atomic mass is 9.80. The fraction of sp³-hybridized carbons (Fsp3) is 0.500. The minimum absolute atomic E-state index is 0.121. The van der Waals surface area contributed by atoms with Crippen molar-refractivity contribution in [2.24, 2.45) is 17.6 Å². The number of benzene rings is 1. The van der Waals surface area contributed by atoms with Gasteiger partial charge in [-0.1, -0.05) is 29.3 Å². The van der Waals surface area contributed by atoms with Crippen LogP contribution >= 0.6 is 23.2 Å². The van der Waals surface area contributed by atoms with Crippen molar-refractivity contribution in [3.63, 3.8) is 0 Å². The minimum atomic E-state index is -0.736. The van der Waals surface area contributed by atoms with Crippen molar-refractivity contribution in [1.82, 2.24) is 24.6 Å². The molecule has 2 aromatic heterocycles. The second-order valence-electron chi connectivity index (χ2n) is 10.3. The molecule has 3 aromatic rings. The normalized spacial score (nSPS) is 19.4. The number of fused-ring (bicyclic) bond motifs is 1. The summed E-state index contributed by atoms with van der Waals surface area (Å²) in [7, 11) is 0. The van der Waals surface area contributed by atoms with Crippen LogP contribution in [0.1, 0.15) is 54.7 Å². The van der Waals surface area contributed by atoms with Gasteiger partial charge in [-0.15, -0.1) is 0 Å². The van der Waals surface area contributed by atoms with Crippen molar-refractivity contribution >= 4 is 52.1 Å². The average molecular weight is 560 g/mol. The molecule has 2 fully saturated rings. The highest BCUT2D eigenvalue weighted by molar-refractivity contribution is 6.35. The van der Waals surface area contributed by atoms with Crippen LogP contribution in [0.15, 0.2) is 24.4 Å². The van der Waals surface area contributed by atoms with Crippen LogP contribution in [0, 0.1) is 11.8 Å². The number of rotatable bonds is 9. The number of aliphatic carboxylic acids is 1. The number of primary amides is 1. The number of hydrogen-bond acceptors (Lipinski definition) is 7. The van der Waals surface area contributed by atoms with Gasteiger partial charge < -0.3 is 20.6 Å². The Kier molecular flexibility index (Phi) is 7.74. The first kappa shape index (κ1) is 26.6. The number of carbonyl (C=O) groups is 2. The summed E-state index contributed by atoms with van der Waals surface area (Å²) in [6.45, 7) is 6.52. The predicted molar refractivity (Wildman–Crippen MR) is 146 cm³/mol. The Bertz CT molecular complexity index is 1360. The van der Waals surface area contributed by atoms with Crippen LogP contribution in [-0.4, -0.2) is 74.4 Å². The van der Waals surface area contributed by atoms with Gasteiger partial charge in [-0.3, -0.25) is 9.59 Å². The third-order valence-electron chi connectivity index (χ3n) is 7.71. The standard InChI is InChI=1S/C26H31Cl2N7O3/c1-15(19-7-6-18(27)10-21(19)28)35-25-20(23(32-35)24(29)38)11-30-26(31-25)34-13-17(14-34)16-4-2-8-33(12-16)9-3-5-22(36)37/h6-7,10-11,15-17H,2-5,8-9,12-14H2,1H3,(H2,29,38)(H,36,37)/t15-,16+/m1/s1. The first-order chi connectivity index (χ1) is 18.2. The number of piperidine rings is 1. The second-order valence-corrected chi connectivity index (χ2v) is 11.1. The van der Waals surface area contributed by atoms with E-state index in [9.17, 15) is 9.59 Å². The Morgan fingerprint density at radius 2 is 2.00 bits per heavy atom. The molecule has 1 aromatic carbocycles. The quantitative estimate of drug-likeness (QED) is 0.404. The minimum Gasteiger partial charge on any atom is -0.481 e. The Labute approximate surface area is 230 Å². The molecule has 10 nitrogen and oxygen atoms in total. The van der Waals surface area contributed by atoms with E-state index in [-0.39, 0.29) is 18.2 Å². The lowest BCUT2D eigenvalue weighted by Crippen LogP contribution is -2.54. The molecule has 2 aliphatic heterocycles. The molecule has 0 aliphatic carbocycles. The molecule has 2 aliphatic rings. The fourth-order valence-corrected chi connectivity index (χ4v) is 6.16. The van der Waals surface area contributed by atoms with Crippen LogP contribution in [-0.2, 0) is 4.79 Å². The number of carboxylic acid groups (broad SMARTS) is 1. The highest BCUT2D eigenvalue weighted by Crippen LogP contribution is 2.35. The van der Waals surface area contributed by atoms with Gasteiger partial charge in [0, 0.05) is 42.3 Å². The van der Waals surface area contributed by atoms with E-state index >= 15 is 0 Å². The third kappa shape index (κ3) is 5.43. The maximum absolute atomic E-state index is 12.1. The van der Waals surface area contributed by atoms with E-state index in [4.69, 9.17) is 39.0 Å². The number of aromatic nitrogens is 4. The summed E-state index contributed by atoms with van der Waals surface area (Å²) in [5.74, 6) is 0.324. The Hall–Kier alpha value is -2.95. The molecule has 5 rings (SSSR count). The Balaban J connectivity index is 1.32. The molecule has 1 amide bonds. The zero-order valence-corrected chi connectivity index (χ0v) is 22.7. The molecule has 0 bridgehead atoms. The molecule has 2 atom stereocenters. The van der Waals surface area contributed by atoms with Gasteiger partial charge in [0.2, 0.25) is 5.95 Å². The second kappa shape index (κ2) is 11.0. The molecule has 12 heteroatoms. The highest BCUT2D eigenvalue weighted by Gasteiger charge is 2.37. The number of carboxylic acids is 1. The molecule has 2 saturated heterocycles. The molecule has 4 heterocycles. The van der Waals surface area contributed by atoms with E-state index in [0.717, 1.165) is 44.7 Å². The first-order valence-electron chi connectivity index (χ1n) is 12.9. The van der Waals surface area contributed by atoms with Crippen molar-refractivity contribution in [2.75, 3.05) is 37.6 Å². The smallest absolute Gasteiger partial charge is 0.303 e. The Morgan fingerprint density at radius 1 is 1.21 bits per heavy atom. The van der Waals surface area contributed by atoms with Gasteiger partial charge in [0.05, 0.1) is 11.4 Å². The van der Waals surface area contributed by atoms with E-state index in [2.05, 4.69) is 19.9 Å². The van der Waals surface area contributed by atoms with Gasteiger partial charge in [-0.05, 0) is 68.8 Å². The molecular formula is C26H31Cl2N7O3. The van der Waals surface area contributed by atoms with Crippen LogP contribution in [0.5, 0.6) is 0 Å². The number of carbonyl (C=O) groups excluding carboxylic acids is 1. The van der Waals surface area contributed by atoms with Crippen LogP contribution in [0.25, 0.3) is 11.0 Å². The molecule has 3 N–H and O–H groups in total. The molecule has 38 heavy (non-hydrogen) atoms. The zero-order valence-electron chi connectivity index (χ0n) is 21.2. The lowest BCUT2D eigenvalue weighted by molar-refractivity contribution is -0.137. The van der Waals surface area contributed by atoms with Crippen molar-refractivity contribution in [3.8, 4) is 0 Å². The lowest BCUT2D eigenvalue weighted by Gasteiger charge is -2.46. The van der Waals surface area contributed by atoms with Gasteiger partial charge >= 0.3 is 5.97 Å². The largest absolute Gasteiger partial charge is 0.481 e. The average Bonchev–Trinajstić information content (AvgIpc) is 3.22. The van der Waals surface area contributed by atoms with Gasteiger partial charge in [-0.2, -0.15) is 10.1 Å². The van der Waals surface area contributed by atoms with E-state index < -0.39 is 11.9 Å². The Morgan fingerprint density at radius 3 is 2.71 bits per heavy atom. The van der Waals surface area contributed by atoms with Crippen molar-refractivity contribution < 1.29 is 14.7 Å². The molecular weight excluding hydrogens is 529 g/mol. The highest BCUT2D eigenvalue weighted by atomic mass is 35.5. The van der Waals surface area contributed by atoms with E-state index in [1.54, 1.807) is 23.0 Å². The van der Waals surface area contributed by atoms with E-state index in [1.807, 2.05) is 13.0 Å². The number of nitrogens with zero attached hydrogens (tertiary/aromatic N) is 6. The van der Waals surface area contributed by atoms with E-state index in [0.29, 0.717) is 45.3 Å². The maximum atomic E-state index is 12.1. The van der Waals surface area contributed by atoms with Crippen LogP contribution in [0.2, 0.25) is 10.0 Å². The number of amides is 1. The molecule has 202 valence electrons. The first-order valence-corrected chi connectivity index (χ1v) is 13.7. The summed E-state index contributed by atoms with van der Waals surface area (Å²) in [6.07, 6.45) is 4.84. The number of likely N-dealkylation sites (tertiary alicyclic amines) is 1. The van der Waals surface area contributed by atoms with Gasteiger partial charge in [0.15, 0.2) is 11.3 Å². The molecule has 0 spiro atoms.